The van der Waals surface area contributed by atoms with Gasteiger partial charge in [0.1, 0.15) is 6.61 Å². The zero-order chi connectivity index (χ0) is 19.9. The van der Waals surface area contributed by atoms with Crippen LogP contribution in [0.2, 0.25) is 0 Å². The van der Waals surface area contributed by atoms with Crippen LogP contribution in [0.15, 0.2) is 42.7 Å². The van der Waals surface area contributed by atoms with Crippen LogP contribution in [0.3, 0.4) is 0 Å². The first-order chi connectivity index (χ1) is 12.9. The first kappa shape index (κ1) is 27.0. The molecule has 8 heteroatoms. The van der Waals surface area contributed by atoms with Gasteiger partial charge < -0.3 is 20.1 Å². The SMILES string of the molecule is CCOc1cc(C(=O)N(C)CC(C)(C)CN)ccc1OCc1cccnc1.Cl.Cl. The zero-order valence-corrected chi connectivity index (χ0v) is 19.0. The second-order valence-corrected chi connectivity index (χ2v) is 7.27. The van der Waals surface area contributed by atoms with Gasteiger partial charge in [-0.15, -0.1) is 24.8 Å². The van der Waals surface area contributed by atoms with Crippen LogP contribution in [-0.4, -0.2) is 42.5 Å². The van der Waals surface area contributed by atoms with E-state index in [1.807, 2.05) is 32.9 Å². The number of hydrogen-bond donors (Lipinski definition) is 1. The van der Waals surface area contributed by atoms with Crippen molar-refractivity contribution < 1.29 is 14.3 Å². The molecule has 29 heavy (non-hydrogen) atoms. The Morgan fingerprint density at radius 2 is 1.90 bits per heavy atom. The Morgan fingerprint density at radius 3 is 2.48 bits per heavy atom. The van der Waals surface area contributed by atoms with Gasteiger partial charge in [0.05, 0.1) is 6.61 Å². The Morgan fingerprint density at radius 1 is 1.17 bits per heavy atom. The maximum Gasteiger partial charge on any atom is 0.253 e. The molecule has 2 rings (SSSR count). The highest BCUT2D eigenvalue weighted by atomic mass is 35.5. The van der Waals surface area contributed by atoms with E-state index >= 15 is 0 Å². The van der Waals surface area contributed by atoms with Gasteiger partial charge in [-0.1, -0.05) is 19.9 Å². The van der Waals surface area contributed by atoms with E-state index in [-0.39, 0.29) is 36.1 Å². The number of ether oxygens (including phenoxy) is 2. The molecule has 6 nitrogen and oxygen atoms in total. The number of hydrogen-bond acceptors (Lipinski definition) is 5. The van der Waals surface area contributed by atoms with Crippen molar-refractivity contribution in [2.24, 2.45) is 11.1 Å². The van der Waals surface area contributed by atoms with Crippen molar-refractivity contribution in [2.75, 3.05) is 26.7 Å². The summed E-state index contributed by atoms with van der Waals surface area (Å²) in [6.45, 7) is 7.93. The lowest BCUT2D eigenvalue weighted by Gasteiger charge is -2.29. The molecule has 0 unspecified atom stereocenters. The summed E-state index contributed by atoms with van der Waals surface area (Å²) in [5.74, 6) is 1.08. The third kappa shape index (κ3) is 8.09. The minimum absolute atomic E-state index is 0. The van der Waals surface area contributed by atoms with Gasteiger partial charge >= 0.3 is 0 Å². The van der Waals surface area contributed by atoms with E-state index < -0.39 is 0 Å². The van der Waals surface area contributed by atoms with E-state index in [0.717, 1.165) is 5.56 Å². The van der Waals surface area contributed by atoms with Crippen molar-refractivity contribution >= 4 is 30.7 Å². The Bertz CT molecular complexity index is 758. The highest BCUT2D eigenvalue weighted by Crippen LogP contribution is 2.30. The number of aromatic nitrogens is 1. The zero-order valence-electron chi connectivity index (χ0n) is 17.4. The molecule has 0 saturated heterocycles. The van der Waals surface area contributed by atoms with E-state index in [9.17, 15) is 4.79 Å². The monoisotopic (exact) mass is 443 g/mol. The smallest absolute Gasteiger partial charge is 0.253 e. The molecule has 0 aliphatic carbocycles. The molecule has 162 valence electrons. The lowest BCUT2D eigenvalue weighted by molar-refractivity contribution is 0.0740. The van der Waals surface area contributed by atoms with Crippen LogP contribution in [-0.2, 0) is 6.61 Å². The van der Waals surface area contributed by atoms with Gasteiger partial charge in [0.25, 0.3) is 5.91 Å². The highest BCUT2D eigenvalue weighted by Gasteiger charge is 2.22. The second-order valence-electron chi connectivity index (χ2n) is 7.27. The minimum Gasteiger partial charge on any atom is -0.490 e. The highest BCUT2D eigenvalue weighted by molar-refractivity contribution is 5.94. The molecule has 1 amide bonds. The molecule has 0 radical (unpaired) electrons. The van der Waals surface area contributed by atoms with Gasteiger partial charge in [0.15, 0.2) is 11.5 Å². The number of pyridine rings is 1. The predicted molar refractivity (Wildman–Crippen MR) is 120 cm³/mol. The fraction of sp³-hybridized carbons (Fsp3) is 0.429. The molecule has 0 bridgehead atoms. The first-order valence-electron chi connectivity index (χ1n) is 9.10. The van der Waals surface area contributed by atoms with E-state index in [2.05, 4.69) is 4.98 Å². The van der Waals surface area contributed by atoms with Gasteiger partial charge in [0.2, 0.25) is 0 Å². The van der Waals surface area contributed by atoms with Crippen LogP contribution >= 0.6 is 24.8 Å². The minimum atomic E-state index is -0.139. The number of carbonyl (C=O) groups excluding carboxylic acids is 1. The van der Waals surface area contributed by atoms with Gasteiger partial charge in [-0.2, -0.15) is 0 Å². The summed E-state index contributed by atoms with van der Waals surface area (Å²) in [6, 6.07) is 9.07. The maximum atomic E-state index is 12.8. The fourth-order valence-electron chi connectivity index (χ4n) is 2.67. The molecule has 0 fully saturated rings. The van der Waals surface area contributed by atoms with Crippen molar-refractivity contribution in [3.63, 3.8) is 0 Å². The topological polar surface area (TPSA) is 77.7 Å². The van der Waals surface area contributed by atoms with E-state index in [1.165, 1.54) is 0 Å². The lowest BCUT2D eigenvalue weighted by Crippen LogP contribution is -2.39. The number of amides is 1. The number of carbonyl (C=O) groups is 1. The molecule has 0 aliphatic heterocycles. The molecular weight excluding hydrogens is 413 g/mol. The summed E-state index contributed by atoms with van der Waals surface area (Å²) < 4.78 is 11.5. The molecule has 2 aromatic rings. The van der Waals surface area contributed by atoms with Crippen LogP contribution < -0.4 is 15.2 Å². The molecule has 1 heterocycles. The molecule has 1 aromatic heterocycles. The third-order valence-corrected chi connectivity index (χ3v) is 4.17. The summed E-state index contributed by atoms with van der Waals surface area (Å²) in [6.07, 6.45) is 3.48. The quantitative estimate of drug-likeness (QED) is 0.634. The lowest BCUT2D eigenvalue weighted by atomic mass is 9.93. The number of nitrogens with zero attached hydrogens (tertiary/aromatic N) is 2. The Labute approximate surface area is 185 Å². The second kappa shape index (κ2) is 12.5. The standard InChI is InChI=1S/C21H29N3O3.2ClH/c1-5-26-19-11-17(20(25)24(4)15-21(2,3)14-22)8-9-18(19)27-13-16-7-6-10-23-12-16;;/h6-12H,5,13-15,22H2,1-4H3;2*1H. The van der Waals surface area contributed by atoms with E-state index in [1.54, 1.807) is 42.5 Å². The number of halogens is 2. The Kier molecular flexibility index (Phi) is 11.7. The van der Waals surface area contributed by atoms with Crippen LogP contribution in [0.4, 0.5) is 0 Å². The molecule has 0 aliphatic rings. The van der Waals surface area contributed by atoms with Crippen LogP contribution in [0.1, 0.15) is 36.7 Å². The average Bonchev–Trinajstić information content (AvgIpc) is 2.67. The van der Waals surface area contributed by atoms with Gasteiger partial charge in [0, 0.05) is 37.1 Å². The summed E-state index contributed by atoms with van der Waals surface area (Å²) in [5.41, 5.74) is 7.16. The molecule has 1 aromatic carbocycles. The number of benzene rings is 1. The number of rotatable bonds is 9. The Balaban J connectivity index is 0.00000392. The van der Waals surface area contributed by atoms with Crippen molar-refractivity contribution in [2.45, 2.75) is 27.4 Å². The molecule has 0 saturated carbocycles. The summed E-state index contributed by atoms with van der Waals surface area (Å²) >= 11 is 0. The summed E-state index contributed by atoms with van der Waals surface area (Å²) in [7, 11) is 1.78. The maximum absolute atomic E-state index is 12.8. The predicted octanol–water partition coefficient (Wildman–Crippen LogP) is 3.96. The van der Waals surface area contributed by atoms with Crippen LogP contribution in [0, 0.1) is 5.41 Å². The van der Waals surface area contributed by atoms with E-state index in [4.69, 9.17) is 15.2 Å². The van der Waals surface area contributed by atoms with Crippen molar-refractivity contribution in [3.8, 4) is 11.5 Å². The summed E-state index contributed by atoms with van der Waals surface area (Å²) in [4.78, 5) is 18.5. The molecular formula is C21H31Cl2N3O3. The van der Waals surface area contributed by atoms with Crippen molar-refractivity contribution in [1.29, 1.82) is 0 Å². The molecule has 0 atom stereocenters. The van der Waals surface area contributed by atoms with Crippen LogP contribution in [0.25, 0.3) is 0 Å². The van der Waals surface area contributed by atoms with Crippen molar-refractivity contribution in [3.05, 3.63) is 53.9 Å². The fourth-order valence-corrected chi connectivity index (χ4v) is 2.67. The first-order valence-corrected chi connectivity index (χ1v) is 9.10. The Hall–Kier alpha value is -2.02. The largest absolute Gasteiger partial charge is 0.490 e. The third-order valence-electron chi connectivity index (χ3n) is 4.17. The number of nitrogens with two attached hydrogens (primary N) is 1. The van der Waals surface area contributed by atoms with Gasteiger partial charge in [-0.05, 0) is 43.1 Å². The molecule has 0 spiro atoms. The van der Waals surface area contributed by atoms with E-state index in [0.29, 0.717) is 43.4 Å². The van der Waals surface area contributed by atoms with Gasteiger partial charge in [-0.3, -0.25) is 9.78 Å². The van der Waals surface area contributed by atoms with Crippen molar-refractivity contribution in [1.82, 2.24) is 9.88 Å². The molecule has 2 N–H and O–H groups in total. The average molecular weight is 444 g/mol. The van der Waals surface area contributed by atoms with Gasteiger partial charge in [-0.25, -0.2) is 0 Å². The van der Waals surface area contributed by atoms with Crippen LogP contribution in [0.5, 0.6) is 11.5 Å². The summed E-state index contributed by atoms with van der Waals surface area (Å²) in [5, 5.41) is 0. The normalized spacial score (nSPS) is 10.4.